The van der Waals surface area contributed by atoms with Crippen LogP contribution in [0.15, 0.2) is 63.9 Å². The Morgan fingerprint density at radius 3 is 2.39 bits per heavy atom. The van der Waals surface area contributed by atoms with E-state index in [0.717, 1.165) is 0 Å². The van der Waals surface area contributed by atoms with Crippen LogP contribution in [-0.4, -0.2) is 10.1 Å². The fourth-order valence-electron chi connectivity index (χ4n) is 1.84. The minimum Gasteiger partial charge on any atom is -0.295 e. The number of carbonyl (C=O) groups is 1. The second-order valence-electron chi connectivity index (χ2n) is 3.89. The van der Waals surface area contributed by atoms with E-state index in [9.17, 15) is 9.00 Å². The van der Waals surface area contributed by atoms with E-state index in [1.165, 1.54) is 0 Å². The maximum Gasteiger partial charge on any atom is 0.288 e. The Morgan fingerprint density at radius 1 is 0.944 bits per heavy atom. The van der Waals surface area contributed by atoms with E-state index in [2.05, 4.69) is 9.08 Å². The molecule has 1 amide bonds. The van der Waals surface area contributed by atoms with Gasteiger partial charge in [0.2, 0.25) is 0 Å². The molecule has 5 heteroatoms. The lowest BCUT2D eigenvalue weighted by atomic mass is 10.2. The molecule has 18 heavy (non-hydrogen) atoms. The average Bonchev–Trinajstić information content (AvgIpc) is 2.63. The van der Waals surface area contributed by atoms with Crippen molar-refractivity contribution in [1.29, 1.82) is 0 Å². The van der Waals surface area contributed by atoms with Crippen LogP contribution in [0.2, 0.25) is 0 Å². The van der Waals surface area contributed by atoms with E-state index in [4.69, 9.17) is 0 Å². The van der Waals surface area contributed by atoms with Gasteiger partial charge in [0.25, 0.3) is 5.91 Å². The molecule has 1 heterocycles. The Bertz CT molecular complexity index is 732. The van der Waals surface area contributed by atoms with Crippen LogP contribution in [0, 0.1) is 0 Å². The number of nitrogens with zero attached hydrogens (tertiary/aromatic N) is 1. The zero-order valence-corrected chi connectivity index (χ0v) is 10.2. The van der Waals surface area contributed by atoms with Crippen molar-refractivity contribution in [1.82, 2.24) is 0 Å². The number of carbonyl (C=O) groups excluding carboxylic acids is 1. The van der Waals surface area contributed by atoms with Gasteiger partial charge in [0, 0.05) is 5.69 Å². The van der Waals surface area contributed by atoms with Gasteiger partial charge in [-0.2, -0.15) is 0 Å². The predicted octanol–water partition coefficient (Wildman–Crippen LogP) is 2.69. The van der Waals surface area contributed by atoms with Crippen molar-refractivity contribution in [3.05, 3.63) is 60.2 Å². The van der Waals surface area contributed by atoms with E-state index >= 15 is 0 Å². The van der Waals surface area contributed by atoms with Gasteiger partial charge in [-0.1, -0.05) is 30.3 Å². The first-order valence-electron chi connectivity index (χ1n) is 5.42. The van der Waals surface area contributed by atoms with Crippen LogP contribution in [0.5, 0.6) is 0 Å². The highest BCUT2D eigenvalue weighted by molar-refractivity contribution is 7.95. The summed E-state index contributed by atoms with van der Waals surface area (Å²) in [5.74, 6) is -0.431. The van der Waals surface area contributed by atoms with Crippen molar-refractivity contribution in [2.45, 2.75) is 4.90 Å². The monoisotopic (exact) mass is 258 g/mol. The topological polar surface area (TPSA) is 58.5 Å². The molecule has 0 radical (unpaired) electrons. The third-order valence-electron chi connectivity index (χ3n) is 2.66. The molecule has 1 aliphatic rings. The highest BCUT2D eigenvalue weighted by Crippen LogP contribution is 2.27. The van der Waals surface area contributed by atoms with Crippen LogP contribution in [0.25, 0.3) is 0 Å². The first-order valence-corrected chi connectivity index (χ1v) is 6.94. The maximum atomic E-state index is 12.7. The molecule has 0 bridgehead atoms. The van der Waals surface area contributed by atoms with Crippen molar-refractivity contribution in [3.8, 4) is 0 Å². The summed E-state index contributed by atoms with van der Waals surface area (Å²) in [6, 6.07) is 15.9. The number of amides is 1. The predicted molar refractivity (Wildman–Crippen MR) is 69.7 cm³/mol. The molecule has 0 saturated carbocycles. The summed E-state index contributed by atoms with van der Waals surface area (Å²) in [4.78, 5) is 12.1. The van der Waals surface area contributed by atoms with Gasteiger partial charge >= 0.3 is 0 Å². The fraction of sp³-hybridized carbons (Fsp3) is 0. The molecule has 1 N–H and O–H groups in total. The first kappa shape index (κ1) is 11.0. The van der Waals surface area contributed by atoms with Gasteiger partial charge in [0.1, 0.15) is 0 Å². The van der Waals surface area contributed by atoms with Crippen molar-refractivity contribution < 1.29 is 9.00 Å². The van der Waals surface area contributed by atoms with Crippen LogP contribution in [0.3, 0.4) is 0 Å². The molecule has 2 aromatic carbocycles. The van der Waals surface area contributed by atoms with Crippen molar-refractivity contribution in [3.63, 3.8) is 0 Å². The quantitative estimate of drug-likeness (QED) is 0.900. The lowest BCUT2D eigenvalue weighted by Crippen LogP contribution is -2.10. The zero-order chi connectivity index (χ0) is 12.6. The molecule has 1 atom stereocenters. The van der Waals surface area contributed by atoms with Gasteiger partial charge in [-0.05, 0) is 24.3 Å². The summed E-state index contributed by atoms with van der Waals surface area (Å²) in [6.07, 6.45) is 0. The van der Waals surface area contributed by atoms with Crippen LogP contribution in [0.1, 0.15) is 10.4 Å². The Balaban J connectivity index is 2.10. The lowest BCUT2D eigenvalue weighted by molar-refractivity contribution is 0.101. The molecule has 90 valence electrons. The molecule has 0 spiro atoms. The molecule has 0 fully saturated rings. The van der Waals surface area contributed by atoms with Gasteiger partial charge < -0.3 is 0 Å². The van der Waals surface area contributed by atoms with Crippen molar-refractivity contribution in [2.75, 3.05) is 4.72 Å². The van der Waals surface area contributed by atoms with Gasteiger partial charge in [-0.15, -0.1) is 4.36 Å². The Kier molecular flexibility index (Phi) is 2.41. The zero-order valence-electron chi connectivity index (χ0n) is 9.37. The summed E-state index contributed by atoms with van der Waals surface area (Å²) < 4.78 is 19.3. The normalized spacial score (nSPS) is 21.2. The standard InChI is InChI=1S/C13H10N2O2S/c16-13-11-8-4-5-9-12(11)18(17,15-13)14-10-6-2-1-3-7-10/h1-9H,(H,14,15,16,17). The summed E-state index contributed by atoms with van der Waals surface area (Å²) in [7, 11) is -2.89. The molecule has 0 aromatic heterocycles. The third-order valence-corrected chi connectivity index (χ3v) is 4.54. The van der Waals surface area contributed by atoms with E-state index in [1.54, 1.807) is 36.4 Å². The van der Waals surface area contributed by atoms with E-state index < -0.39 is 15.8 Å². The summed E-state index contributed by atoms with van der Waals surface area (Å²) in [5.41, 5.74) is 1.08. The highest BCUT2D eigenvalue weighted by Gasteiger charge is 2.28. The summed E-state index contributed by atoms with van der Waals surface area (Å²) >= 11 is 0. The molecular formula is C13H10N2O2S. The molecule has 0 aliphatic carbocycles. The number of para-hydroxylation sites is 1. The third kappa shape index (κ3) is 1.69. The molecule has 0 saturated heterocycles. The molecular weight excluding hydrogens is 248 g/mol. The number of benzene rings is 2. The van der Waals surface area contributed by atoms with Crippen LogP contribution < -0.4 is 4.72 Å². The van der Waals surface area contributed by atoms with Gasteiger partial charge in [-0.3, -0.25) is 9.52 Å². The number of nitrogens with one attached hydrogen (secondary N) is 1. The number of rotatable bonds is 2. The van der Waals surface area contributed by atoms with Crippen LogP contribution in [-0.2, 0) is 9.92 Å². The SMILES string of the molecule is O=C1N=S(=O)(Nc2ccccc2)c2ccccc21. The van der Waals surface area contributed by atoms with Crippen LogP contribution in [0.4, 0.5) is 5.69 Å². The lowest BCUT2D eigenvalue weighted by Gasteiger charge is -2.09. The van der Waals surface area contributed by atoms with E-state index in [1.807, 2.05) is 18.2 Å². The van der Waals surface area contributed by atoms with Crippen molar-refractivity contribution >= 4 is 21.5 Å². The summed E-state index contributed by atoms with van der Waals surface area (Å²) in [6.45, 7) is 0. The van der Waals surface area contributed by atoms with E-state index in [-0.39, 0.29) is 0 Å². The maximum absolute atomic E-state index is 12.7. The minimum absolute atomic E-state index is 0.408. The van der Waals surface area contributed by atoms with Gasteiger partial charge in [-0.25, -0.2) is 4.21 Å². The second kappa shape index (κ2) is 3.96. The highest BCUT2D eigenvalue weighted by atomic mass is 32.2. The number of hydrogen-bond acceptors (Lipinski definition) is 2. The number of anilines is 1. The Hall–Kier alpha value is -2.14. The van der Waals surface area contributed by atoms with Gasteiger partial charge in [0.05, 0.1) is 10.5 Å². The van der Waals surface area contributed by atoms with E-state index in [0.29, 0.717) is 16.1 Å². The molecule has 1 aliphatic heterocycles. The second-order valence-corrected chi connectivity index (χ2v) is 5.76. The molecule has 3 rings (SSSR count). The average molecular weight is 258 g/mol. The van der Waals surface area contributed by atoms with Crippen molar-refractivity contribution in [2.24, 2.45) is 4.36 Å². The van der Waals surface area contributed by atoms with Gasteiger partial charge in [0.15, 0.2) is 9.92 Å². The van der Waals surface area contributed by atoms with Crippen LogP contribution >= 0.6 is 0 Å². The Labute approximate surface area is 105 Å². The molecule has 4 nitrogen and oxygen atoms in total. The summed E-state index contributed by atoms with van der Waals surface area (Å²) in [5, 5.41) is 0. The number of fused-ring (bicyclic) bond motifs is 1. The molecule has 2 aromatic rings. The smallest absolute Gasteiger partial charge is 0.288 e. The minimum atomic E-state index is -2.89. The fourth-order valence-corrected chi connectivity index (χ4v) is 3.60. The Morgan fingerprint density at radius 2 is 1.61 bits per heavy atom. The largest absolute Gasteiger partial charge is 0.295 e. The molecule has 1 unspecified atom stereocenters. The first-order chi connectivity index (χ1) is 8.69. The number of hydrogen-bond donors (Lipinski definition) is 1.